The van der Waals surface area contributed by atoms with Crippen LogP contribution in [0.15, 0.2) is 17.7 Å². The summed E-state index contributed by atoms with van der Waals surface area (Å²) in [7, 11) is 0. The third-order valence-electron chi connectivity index (χ3n) is 3.52. The molecule has 1 aliphatic rings. The number of rotatable bonds is 3. The van der Waals surface area contributed by atoms with Crippen LogP contribution in [0.25, 0.3) is 6.08 Å². The van der Waals surface area contributed by atoms with E-state index in [1.165, 1.54) is 23.1 Å². The summed E-state index contributed by atoms with van der Waals surface area (Å²) in [5.41, 5.74) is 7.60. The Morgan fingerprint density at radius 3 is 2.41 bits per heavy atom. The van der Waals surface area contributed by atoms with Gasteiger partial charge in [-0.05, 0) is 53.9 Å². The Hall–Kier alpha value is -1.04. The molecule has 0 aromatic heterocycles. The Labute approximate surface area is 106 Å². The highest BCUT2D eigenvalue weighted by Gasteiger charge is 2.15. The van der Waals surface area contributed by atoms with Gasteiger partial charge in [-0.25, -0.2) is 0 Å². The summed E-state index contributed by atoms with van der Waals surface area (Å²) < 4.78 is 0. The highest BCUT2D eigenvalue weighted by atomic mass is 14.2. The van der Waals surface area contributed by atoms with Gasteiger partial charge in [0.1, 0.15) is 0 Å². The van der Waals surface area contributed by atoms with Crippen LogP contribution in [-0.2, 0) is 12.8 Å². The van der Waals surface area contributed by atoms with Crippen molar-refractivity contribution in [1.29, 1.82) is 0 Å². The van der Waals surface area contributed by atoms with Gasteiger partial charge in [-0.15, -0.1) is 0 Å². The Balaban J connectivity index is 2.44. The molecule has 1 aromatic carbocycles. The lowest BCUT2D eigenvalue weighted by Crippen LogP contribution is -2.03. The summed E-state index contributed by atoms with van der Waals surface area (Å²) in [5, 5.41) is 0. The molecule has 0 bridgehead atoms. The van der Waals surface area contributed by atoms with E-state index in [1.807, 2.05) is 0 Å². The number of allylic oxidation sites excluding steroid dienone is 1. The highest BCUT2D eigenvalue weighted by Crippen LogP contribution is 2.31. The van der Waals surface area contributed by atoms with E-state index in [9.17, 15) is 0 Å². The lowest BCUT2D eigenvalue weighted by molar-refractivity contribution is 0.638. The molecule has 1 aliphatic carbocycles. The minimum absolute atomic E-state index is 0.628. The maximum absolute atomic E-state index is 2.46. The SMILES string of the molecule is CC1=Cc2cc(C(C)C)c(CC(C)C)cc2C1. The van der Waals surface area contributed by atoms with Gasteiger partial charge < -0.3 is 0 Å². The van der Waals surface area contributed by atoms with Gasteiger partial charge in [0.25, 0.3) is 0 Å². The quantitative estimate of drug-likeness (QED) is 0.685. The van der Waals surface area contributed by atoms with Crippen LogP contribution in [0.1, 0.15) is 62.8 Å². The maximum Gasteiger partial charge on any atom is -0.00605 e. The van der Waals surface area contributed by atoms with Gasteiger partial charge in [0.05, 0.1) is 0 Å². The van der Waals surface area contributed by atoms with Crippen molar-refractivity contribution in [2.24, 2.45) is 5.92 Å². The molecule has 0 spiro atoms. The molecule has 0 radical (unpaired) electrons. The summed E-state index contributed by atoms with van der Waals surface area (Å²) in [6.45, 7) is 11.5. The molecule has 17 heavy (non-hydrogen) atoms. The zero-order valence-corrected chi connectivity index (χ0v) is 11.8. The van der Waals surface area contributed by atoms with Gasteiger partial charge in [0, 0.05) is 0 Å². The van der Waals surface area contributed by atoms with E-state index >= 15 is 0 Å². The van der Waals surface area contributed by atoms with E-state index in [0.29, 0.717) is 5.92 Å². The van der Waals surface area contributed by atoms with E-state index in [-0.39, 0.29) is 0 Å². The molecular formula is C17H24. The van der Waals surface area contributed by atoms with Crippen LogP contribution in [0, 0.1) is 5.92 Å². The van der Waals surface area contributed by atoms with Crippen LogP contribution in [0.4, 0.5) is 0 Å². The van der Waals surface area contributed by atoms with Gasteiger partial charge >= 0.3 is 0 Å². The summed E-state index contributed by atoms with van der Waals surface area (Å²) >= 11 is 0. The van der Waals surface area contributed by atoms with Crippen molar-refractivity contribution in [3.8, 4) is 0 Å². The normalized spacial score (nSPS) is 14.4. The van der Waals surface area contributed by atoms with Gasteiger partial charge in [-0.2, -0.15) is 0 Å². The first-order chi connectivity index (χ1) is 7.97. The lowest BCUT2D eigenvalue weighted by atomic mass is 9.88. The highest BCUT2D eigenvalue weighted by molar-refractivity contribution is 5.65. The molecule has 0 aliphatic heterocycles. The van der Waals surface area contributed by atoms with Crippen LogP contribution >= 0.6 is 0 Å². The average Bonchev–Trinajstić information content (AvgIpc) is 2.54. The number of hydrogen-bond acceptors (Lipinski definition) is 0. The van der Waals surface area contributed by atoms with Crippen molar-refractivity contribution < 1.29 is 0 Å². The molecule has 2 rings (SSSR count). The maximum atomic E-state index is 2.46. The largest absolute Gasteiger partial charge is 0.0683 e. The fourth-order valence-electron chi connectivity index (χ4n) is 2.79. The van der Waals surface area contributed by atoms with Crippen LogP contribution in [0.3, 0.4) is 0 Å². The standard InChI is InChI=1S/C17H24/c1-11(2)6-16-9-14-7-13(5)8-15(14)10-17(16)12(3)4/h8-12H,6-7H2,1-5H3. The topological polar surface area (TPSA) is 0 Å². The van der Waals surface area contributed by atoms with Crippen molar-refractivity contribution in [3.63, 3.8) is 0 Å². The van der Waals surface area contributed by atoms with Gasteiger partial charge in [0.2, 0.25) is 0 Å². The van der Waals surface area contributed by atoms with Crippen LogP contribution in [-0.4, -0.2) is 0 Å². The molecule has 0 atom stereocenters. The van der Waals surface area contributed by atoms with E-state index in [2.05, 4.69) is 52.8 Å². The van der Waals surface area contributed by atoms with E-state index < -0.39 is 0 Å². The Bertz CT molecular complexity index is 447. The zero-order chi connectivity index (χ0) is 12.6. The Kier molecular flexibility index (Phi) is 3.42. The average molecular weight is 228 g/mol. The van der Waals surface area contributed by atoms with Gasteiger partial charge in [0.15, 0.2) is 0 Å². The van der Waals surface area contributed by atoms with Crippen molar-refractivity contribution in [2.45, 2.75) is 53.4 Å². The predicted octanol–water partition coefficient (Wildman–Crippen LogP) is 4.97. The molecule has 0 fully saturated rings. The first-order valence-electron chi connectivity index (χ1n) is 6.80. The first kappa shape index (κ1) is 12.4. The van der Waals surface area contributed by atoms with Crippen LogP contribution in [0.5, 0.6) is 0 Å². The molecule has 0 nitrogen and oxygen atoms in total. The number of fused-ring (bicyclic) bond motifs is 1. The monoisotopic (exact) mass is 228 g/mol. The molecule has 0 saturated heterocycles. The Morgan fingerprint density at radius 1 is 1.12 bits per heavy atom. The zero-order valence-electron chi connectivity index (χ0n) is 11.8. The molecule has 0 unspecified atom stereocenters. The van der Waals surface area contributed by atoms with Crippen LogP contribution in [0.2, 0.25) is 0 Å². The molecular weight excluding hydrogens is 204 g/mol. The fourth-order valence-corrected chi connectivity index (χ4v) is 2.79. The summed E-state index contributed by atoms with van der Waals surface area (Å²) in [6.07, 6.45) is 4.71. The van der Waals surface area contributed by atoms with E-state index in [0.717, 1.165) is 12.3 Å². The van der Waals surface area contributed by atoms with Crippen LogP contribution < -0.4 is 0 Å². The minimum Gasteiger partial charge on any atom is -0.0683 e. The smallest absolute Gasteiger partial charge is 0.00605 e. The van der Waals surface area contributed by atoms with Gasteiger partial charge in [-0.1, -0.05) is 51.5 Å². The number of hydrogen-bond donors (Lipinski definition) is 0. The second-order valence-corrected chi connectivity index (χ2v) is 6.17. The van der Waals surface area contributed by atoms with Crippen molar-refractivity contribution in [1.82, 2.24) is 0 Å². The summed E-state index contributed by atoms with van der Waals surface area (Å²) in [5.74, 6) is 1.37. The molecule has 0 heteroatoms. The third kappa shape index (κ3) is 2.62. The third-order valence-corrected chi connectivity index (χ3v) is 3.52. The molecule has 92 valence electrons. The lowest BCUT2D eigenvalue weighted by Gasteiger charge is -2.17. The van der Waals surface area contributed by atoms with E-state index in [4.69, 9.17) is 0 Å². The summed E-state index contributed by atoms with van der Waals surface area (Å²) in [4.78, 5) is 0. The Morgan fingerprint density at radius 2 is 1.82 bits per heavy atom. The minimum atomic E-state index is 0.628. The second kappa shape index (κ2) is 4.68. The predicted molar refractivity (Wildman–Crippen MR) is 76.4 cm³/mol. The van der Waals surface area contributed by atoms with Crippen molar-refractivity contribution in [3.05, 3.63) is 40.0 Å². The van der Waals surface area contributed by atoms with Gasteiger partial charge in [-0.3, -0.25) is 0 Å². The van der Waals surface area contributed by atoms with Crippen molar-refractivity contribution >= 4 is 6.08 Å². The van der Waals surface area contributed by atoms with E-state index in [1.54, 1.807) is 11.1 Å². The molecule has 0 saturated carbocycles. The molecule has 0 N–H and O–H groups in total. The van der Waals surface area contributed by atoms with Crippen molar-refractivity contribution in [2.75, 3.05) is 0 Å². The first-order valence-corrected chi connectivity index (χ1v) is 6.80. The fraction of sp³-hybridized carbons (Fsp3) is 0.529. The summed E-state index contributed by atoms with van der Waals surface area (Å²) in [6, 6.07) is 4.88. The second-order valence-electron chi connectivity index (χ2n) is 6.17. The number of benzene rings is 1. The molecule has 0 amide bonds. The molecule has 0 heterocycles. The molecule has 1 aromatic rings.